The molecule has 0 spiro atoms. The zero-order valence-corrected chi connectivity index (χ0v) is 13.2. The van der Waals surface area contributed by atoms with Crippen LogP contribution in [0.25, 0.3) is 22.1 Å². The van der Waals surface area contributed by atoms with Gasteiger partial charge in [-0.3, -0.25) is 0 Å². The van der Waals surface area contributed by atoms with Crippen LogP contribution in [0.4, 0.5) is 13.2 Å². The first-order valence-corrected chi connectivity index (χ1v) is 8.16. The van der Waals surface area contributed by atoms with Gasteiger partial charge in [-0.15, -0.1) is 21.5 Å². The van der Waals surface area contributed by atoms with Crippen molar-refractivity contribution in [2.24, 2.45) is 0 Å². The summed E-state index contributed by atoms with van der Waals surface area (Å²) in [6.07, 6.45) is -4.37. The van der Waals surface area contributed by atoms with Gasteiger partial charge in [0.1, 0.15) is 16.5 Å². The predicted molar refractivity (Wildman–Crippen MR) is 83.3 cm³/mol. The molecule has 4 rings (SSSR count). The summed E-state index contributed by atoms with van der Waals surface area (Å²) >= 11 is 1.30. The lowest BCUT2D eigenvalue weighted by atomic mass is 10.1. The van der Waals surface area contributed by atoms with Gasteiger partial charge >= 0.3 is 6.18 Å². The SMILES string of the molecule is FC(F)(F)c1cccc(-c2nc(-c3nnc4n3CCNC4)cs2)c1. The van der Waals surface area contributed by atoms with Crippen LogP contribution < -0.4 is 5.32 Å². The molecule has 2 aromatic heterocycles. The van der Waals surface area contributed by atoms with E-state index in [1.807, 2.05) is 4.57 Å². The molecule has 0 unspecified atom stereocenters. The van der Waals surface area contributed by atoms with Gasteiger partial charge in [0.15, 0.2) is 5.82 Å². The van der Waals surface area contributed by atoms with Crippen LogP contribution in [-0.2, 0) is 19.3 Å². The lowest BCUT2D eigenvalue weighted by molar-refractivity contribution is -0.137. The van der Waals surface area contributed by atoms with Gasteiger partial charge in [-0.2, -0.15) is 13.2 Å². The fourth-order valence-electron chi connectivity index (χ4n) is 2.62. The average Bonchev–Trinajstić information content (AvgIpc) is 3.21. The molecule has 9 heteroatoms. The smallest absolute Gasteiger partial charge is 0.308 e. The number of benzene rings is 1. The van der Waals surface area contributed by atoms with Crippen LogP contribution in [0.5, 0.6) is 0 Å². The topological polar surface area (TPSA) is 55.6 Å². The van der Waals surface area contributed by atoms with Crippen molar-refractivity contribution >= 4 is 11.3 Å². The van der Waals surface area contributed by atoms with Crippen molar-refractivity contribution in [2.45, 2.75) is 19.3 Å². The zero-order valence-electron chi connectivity index (χ0n) is 12.3. The van der Waals surface area contributed by atoms with E-state index in [0.29, 0.717) is 28.6 Å². The summed E-state index contributed by atoms with van der Waals surface area (Å²) in [6, 6.07) is 5.19. The van der Waals surface area contributed by atoms with Gasteiger partial charge in [0.05, 0.1) is 12.1 Å². The maximum atomic E-state index is 12.9. The molecule has 0 atom stereocenters. The summed E-state index contributed by atoms with van der Waals surface area (Å²) in [4.78, 5) is 4.46. The van der Waals surface area contributed by atoms with E-state index in [0.717, 1.165) is 31.0 Å². The Balaban J connectivity index is 1.70. The van der Waals surface area contributed by atoms with Gasteiger partial charge in [0.2, 0.25) is 0 Å². The molecule has 1 aliphatic rings. The van der Waals surface area contributed by atoms with Gasteiger partial charge in [-0.05, 0) is 12.1 Å². The van der Waals surface area contributed by atoms with Gasteiger partial charge in [0, 0.05) is 24.0 Å². The molecular weight excluding hydrogens is 339 g/mol. The number of hydrogen-bond acceptors (Lipinski definition) is 5. The zero-order chi connectivity index (χ0) is 16.7. The number of thiazole rings is 1. The largest absolute Gasteiger partial charge is 0.416 e. The number of fused-ring (bicyclic) bond motifs is 1. The molecule has 0 aliphatic carbocycles. The van der Waals surface area contributed by atoms with E-state index >= 15 is 0 Å². The lowest BCUT2D eigenvalue weighted by Crippen LogP contribution is -2.28. The number of nitrogens with one attached hydrogen (secondary N) is 1. The Morgan fingerprint density at radius 2 is 2.08 bits per heavy atom. The Morgan fingerprint density at radius 3 is 2.92 bits per heavy atom. The molecule has 0 bridgehead atoms. The standard InChI is InChI=1S/C15H12F3N5S/c16-15(17,18)10-3-1-2-9(6-10)14-20-11(8-24-14)13-22-21-12-7-19-4-5-23(12)13/h1-3,6,8,19H,4-5,7H2. The molecule has 1 N–H and O–H groups in total. The molecule has 0 saturated carbocycles. The van der Waals surface area contributed by atoms with Gasteiger partial charge in [-0.25, -0.2) is 4.98 Å². The molecule has 0 fully saturated rings. The molecule has 1 aliphatic heterocycles. The van der Waals surface area contributed by atoms with Crippen LogP contribution in [0.2, 0.25) is 0 Å². The molecule has 3 heterocycles. The van der Waals surface area contributed by atoms with Crippen LogP contribution in [0.1, 0.15) is 11.4 Å². The Morgan fingerprint density at radius 1 is 1.21 bits per heavy atom. The number of alkyl halides is 3. The van der Waals surface area contributed by atoms with Crippen LogP contribution in [-0.4, -0.2) is 26.3 Å². The van der Waals surface area contributed by atoms with Crippen molar-refractivity contribution < 1.29 is 13.2 Å². The van der Waals surface area contributed by atoms with E-state index in [1.165, 1.54) is 17.4 Å². The Bertz CT molecular complexity index is 883. The molecule has 1 aromatic carbocycles. The van der Waals surface area contributed by atoms with Gasteiger partial charge in [0.25, 0.3) is 0 Å². The number of nitrogens with zero attached hydrogens (tertiary/aromatic N) is 4. The third-order valence-electron chi connectivity index (χ3n) is 3.79. The van der Waals surface area contributed by atoms with Crippen molar-refractivity contribution in [1.29, 1.82) is 0 Å². The molecule has 0 amide bonds. The highest BCUT2D eigenvalue weighted by atomic mass is 32.1. The monoisotopic (exact) mass is 351 g/mol. The molecular formula is C15H12F3N5S. The maximum absolute atomic E-state index is 12.9. The summed E-state index contributed by atoms with van der Waals surface area (Å²) in [5, 5.41) is 13.8. The quantitative estimate of drug-likeness (QED) is 0.770. The number of rotatable bonds is 2. The Hall–Kier alpha value is -2.26. The predicted octanol–water partition coefficient (Wildman–Crippen LogP) is 3.19. The minimum Gasteiger partial charge on any atom is -0.308 e. The molecule has 124 valence electrons. The lowest BCUT2D eigenvalue weighted by Gasteiger charge is -2.15. The number of hydrogen-bond donors (Lipinski definition) is 1. The summed E-state index contributed by atoms with van der Waals surface area (Å²) in [5.41, 5.74) is 0.400. The normalized spacial score (nSPS) is 14.6. The summed E-state index contributed by atoms with van der Waals surface area (Å²) in [6.45, 7) is 2.22. The average molecular weight is 351 g/mol. The van der Waals surface area contributed by atoms with Gasteiger partial charge < -0.3 is 9.88 Å². The second kappa shape index (κ2) is 5.67. The van der Waals surface area contributed by atoms with E-state index in [4.69, 9.17) is 0 Å². The minimum atomic E-state index is -4.37. The third kappa shape index (κ3) is 2.69. The number of aromatic nitrogens is 4. The number of halogens is 3. The van der Waals surface area contributed by atoms with Gasteiger partial charge in [-0.1, -0.05) is 12.1 Å². The third-order valence-corrected chi connectivity index (χ3v) is 4.68. The van der Waals surface area contributed by atoms with E-state index in [-0.39, 0.29) is 0 Å². The first kappa shape index (κ1) is 15.3. The van der Waals surface area contributed by atoms with Crippen LogP contribution in [0.3, 0.4) is 0 Å². The summed E-state index contributed by atoms with van der Waals surface area (Å²) < 4.78 is 40.6. The minimum absolute atomic E-state index is 0.445. The highest BCUT2D eigenvalue weighted by Gasteiger charge is 2.30. The molecule has 0 saturated heterocycles. The van der Waals surface area contributed by atoms with E-state index in [9.17, 15) is 13.2 Å². The van der Waals surface area contributed by atoms with Crippen molar-refractivity contribution in [3.8, 4) is 22.1 Å². The highest BCUT2D eigenvalue weighted by molar-refractivity contribution is 7.13. The molecule has 24 heavy (non-hydrogen) atoms. The summed E-state index contributed by atoms with van der Waals surface area (Å²) in [5.74, 6) is 1.49. The molecule has 5 nitrogen and oxygen atoms in total. The fraction of sp³-hybridized carbons (Fsp3) is 0.267. The summed E-state index contributed by atoms with van der Waals surface area (Å²) in [7, 11) is 0. The van der Waals surface area contributed by atoms with Crippen LogP contribution in [0, 0.1) is 0 Å². The molecule has 0 radical (unpaired) electrons. The first-order valence-electron chi connectivity index (χ1n) is 7.29. The Labute approximate surface area is 139 Å². The van der Waals surface area contributed by atoms with Crippen molar-refractivity contribution in [1.82, 2.24) is 25.1 Å². The Kier molecular flexibility index (Phi) is 3.61. The second-order valence-electron chi connectivity index (χ2n) is 5.38. The maximum Gasteiger partial charge on any atom is 0.416 e. The van der Waals surface area contributed by atoms with E-state index in [1.54, 1.807) is 11.4 Å². The fourth-order valence-corrected chi connectivity index (χ4v) is 3.41. The van der Waals surface area contributed by atoms with Crippen LogP contribution >= 0.6 is 11.3 Å². The molecule has 3 aromatic rings. The first-order chi connectivity index (χ1) is 11.5. The van der Waals surface area contributed by atoms with E-state index in [2.05, 4.69) is 20.5 Å². The van der Waals surface area contributed by atoms with Crippen molar-refractivity contribution in [3.63, 3.8) is 0 Å². The van der Waals surface area contributed by atoms with Crippen LogP contribution in [0.15, 0.2) is 29.6 Å². The van der Waals surface area contributed by atoms with Crippen molar-refractivity contribution in [3.05, 3.63) is 41.0 Å². The second-order valence-corrected chi connectivity index (χ2v) is 6.24. The van der Waals surface area contributed by atoms with Crippen molar-refractivity contribution in [2.75, 3.05) is 6.54 Å². The highest BCUT2D eigenvalue weighted by Crippen LogP contribution is 2.34. The van der Waals surface area contributed by atoms with E-state index < -0.39 is 11.7 Å².